The van der Waals surface area contributed by atoms with Crippen LogP contribution in [0.25, 0.3) is 0 Å². The zero-order valence-corrected chi connectivity index (χ0v) is 14.6. The van der Waals surface area contributed by atoms with E-state index in [4.69, 9.17) is 11.6 Å². The number of amides is 2. The lowest BCUT2D eigenvalue weighted by atomic mass is 10.1. The molecular weight excluding hydrogens is 359 g/mol. The molecule has 3 rings (SSSR count). The molecule has 0 saturated heterocycles. The van der Waals surface area contributed by atoms with Crippen molar-refractivity contribution in [3.05, 3.63) is 58.9 Å². The molecule has 2 amide bonds. The molecule has 2 aromatic carbocycles. The maximum Gasteiger partial charge on any atom is 0.228 e. The Hall–Kier alpha value is -2.73. The molecule has 0 aromatic heterocycles. The number of ketones is 1. The summed E-state index contributed by atoms with van der Waals surface area (Å²) >= 11 is 5.68. The lowest BCUT2D eigenvalue weighted by Gasteiger charge is -2.07. The van der Waals surface area contributed by atoms with Crippen molar-refractivity contribution in [3.8, 4) is 0 Å². The molecule has 0 spiro atoms. The largest absolute Gasteiger partial charge is 0.326 e. The molecule has 5 nitrogen and oxygen atoms in total. The van der Waals surface area contributed by atoms with E-state index in [0.29, 0.717) is 23.4 Å². The van der Waals surface area contributed by atoms with Crippen LogP contribution in [0.4, 0.5) is 15.8 Å². The molecule has 7 heteroatoms. The third-order valence-electron chi connectivity index (χ3n) is 4.21. The van der Waals surface area contributed by atoms with Crippen LogP contribution in [0.1, 0.15) is 23.7 Å². The SMILES string of the molecule is CC(=O)c1ccc(NC(=O)C2CC2C(=O)Nc2ccc(F)c(Cl)c2)cc1. The number of Topliss-reactive ketones (excluding diaryl/α,β-unsaturated/α-hetero) is 1. The first-order chi connectivity index (χ1) is 12.3. The Kier molecular flexibility index (Phi) is 5.04. The number of anilines is 2. The van der Waals surface area contributed by atoms with Crippen molar-refractivity contribution < 1.29 is 18.8 Å². The Balaban J connectivity index is 1.55. The number of halogens is 2. The first kappa shape index (κ1) is 18.1. The average molecular weight is 375 g/mol. The van der Waals surface area contributed by atoms with Gasteiger partial charge in [0.2, 0.25) is 11.8 Å². The molecule has 0 heterocycles. The number of hydrogen-bond donors (Lipinski definition) is 2. The fourth-order valence-electron chi connectivity index (χ4n) is 2.61. The molecule has 2 atom stereocenters. The van der Waals surface area contributed by atoms with Gasteiger partial charge in [0, 0.05) is 16.9 Å². The highest BCUT2D eigenvalue weighted by atomic mass is 35.5. The third kappa shape index (κ3) is 4.08. The van der Waals surface area contributed by atoms with Gasteiger partial charge in [-0.25, -0.2) is 4.39 Å². The van der Waals surface area contributed by atoms with Crippen LogP contribution >= 0.6 is 11.6 Å². The van der Waals surface area contributed by atoms with E-state index in [-0.39, 0.29) is 22.6 Å². The summed E-state index contributed by atoms with van der Waals surface area (Å²) in [6.07, 6.45) is 0.443. The van der Waals surface area contributed by atoms with Gasteiger partial charge in [-0.05, 0) is 55.8 Å². The summed E-state index contributed by atoms with van der Waals surface area (Å²) in [5, 5.41) is 5.29. The van der Waals surface area contributed by atoms with Crippen LogP contribution in [0.5, 0.6) is 0 Å². The Morgan fingerprint density at radius 1 is 0.962 bits per heavy atom. The van der Waals surface area contributed by atoms with Gasteiger partial charge in [0.05, 0.1) is 16.9 Å². The van der Waals surface area contributed by atoms with Crippen molar-refractivity contribution in [2.24, 2.45) is 11.8 Å². The van der Waals surface area contributed by atoms with Crippen molar-refractivity contribution in [1.82, 2.24) is 0 Å². The second-order valence-corrected chi connectivity index (χ2v) is 6.60. The lowest BCUT2D eigenvalue weighted by Crippen LogP contribution is -2.20. The number of rotatable bonds is 5. The molecule has 2 aromatic rings. The van der Waals surface area contributed by atoms with E-state index in [1.165, 1.54) is 25.1 Å². The lowest BCUT2D eigenvalue weighted by molar-refractivity contribution is -0.122. The van der Waals surface area contributed by atoms with E-state index < -0.39 is 17.7 Å². The highest BCUT2D eigenvalue weighted by molar-refractivity contribution is 6.31. The second-order valence-electron chi connectivity index (χ2n) is 6.19. The maximum absolute atomic E-state index is 13.1. The highest BCUT2D eigenvalue weighted by Crippen LogP contribution is 2.40. The summed E-state index contributed by atoms with van der Waals surface area (Å²) in [5.41, 5.74) is 1.51. The molecular formula is C19H16ClFN2O3. The molecule has 134 valence electrons. The summed E-state index contributed by atoms with van der Waals surface area (Å²) < 4.78 is 13.1. The second kappa shape index (κ2) is 7.25. The van der Waals surface area contributed by atoms with Gasteiger partial charge in [0.25, 0.3) is 0 Å². The fourth-order valence-corrected chi connectivity index (χ4v) is 2.79. The minimum Gasteiger partial charge on any atom is -0.326 e. The van der Waals surface area contributed by atoms with Crippen molar-refractivity contribution in [2.75, 3.05) is 10.6 Å². The summed E-state index contributed by atoms with van der Waals surface area (Å²) in [6.45, 7) is 1.47. The van der Waals surface area contributed by atoms with E-state index in [1.54, 1.807) is 24.3 Å². The number of benzene rings is 2. The fraction of sp³-hybridized carbons (Fsp3) is 0.211. The predicted molar refractivity (Wildman–Crippen MR) is 96.7 cm³/mol. The molecule has 26 heavy (non-hydrogen) atoms. The summed E-state index contributed by atoms with van der Waals surface area (Å²) in [6, 6.07) is 10.5. The first-order valence-corrected chi connectivity index (χ1v) is 8.40. The third-order valence-corrected chi connectivity index (χ3v) is 4.50. The van der Waals surface area contributed by atoms with Crippen LogP contribution in [0.2, 0.25) is 5.02 Å². The summed E-state index contributed by atoms with van der Waals surface area (Å²) in [7, 11) is 0. The van der Waals surface area contributed by atoms with Crippen LogP contribution in [0.15, 0.2) is 42.5 Å². The molecule has 1 aliphatic rings. The first-order valence-electron chi connectivity index (χ1n) is 8.03. The van der Waals surface area contributed by atoms with Crippen LogP contribution in [0, 0.1) is 17.7 Å². The standard InChI is InChI=1S/C19H16ClFN2O3/c1-10(24)11-2-4-12(5-3-11)22-18(25)14-9-15(14)19(26)23-13-6-7-17(21)16(20)8-13/h2-8,14-15H,9H2,1H3,(H,22,25)(H,23,26). The topological polar surface area (TPSA) is 75.3 Å². The zero-order valence-electron chi connectivity index (χ0n) is 13.9. The number of carbonyl (C=O) groups excluding carboxylic acids is 3. The number of hydrogen-bond acceptors (Lipinski definition) is 3. The molecule has 2 unspecified atom stereocenters. The van der Waals surface area contributed by atoms with Crippen molar-refractivity contribution >= 4 is 40.6 Å². The van der Waals surface area contributed by atoms with Crippen LogP contribution in [-0.2, 0) is 9.59 Å². The molecule has 1 fully saturated rings. The van der Waals surface area contributed by atoms with Gasteiger partial charge in [0.15, 0.2) is 5.78 Å². The van der Waals surface area contributed by atoms with E-state index >= 15 is 0 Å². The molecule has 1 aliphatic carbocycles. The minimum atomic E-state index is -0.566. The van der Waals surface area contributed by atoms with Gasteiger partial charge in [-0.2, -0.15) is 0 Å². The highest BCUT2D eigenvalue weighted by Gasteiger charge is 2.48. The van der Waals surface area contributed by atoms with E-state index in [2.05, 4.69) is 10.6 Å². The molecule has 2 N–H and O–H groups in total. The monoisotopic (exact) mass is 374 g/mol. The Labute approximate surface area is 154 Å². The Morgan fingerprint density at radius 3 is 2.04 bits per heavy atom. The van der Waals surface area contributed by atoms with Gasteiger partial charge >= 0.3 is 0 Å². The maximum atomic E-state index is 13.1. The van der Waals surface area contributed by atoms with Crippen molar-refractivity contribution in [1.29, 1.82) is 0 Å². The quantitative estimate of drug-likeness (QED) is 0.779. The van der Waals surface area contributed by atoms with E-state index in [9.17, 15) is 18.8 Å². The van der Waals surface area contributed by atoms with Crippen molar-refractivity contribution in [3.63, 3.8) is 0 Å². The zero-order chi connectivity index (χ0) is 18.8. The number of nitrogens with one attached hydrogen (secondary N) is 2. The molecule has 1 saturated carbocycles. The smallest absolute Gasteiger partial charge is 0.228 e. The van der Waals surface area contributed by atoms with E-state index in [0.717, 1.165) is 0 Å². The molecule has 0 radical (unpaired) electrons. The minimum absolute atomic E-state index is 0.0531. The summed E-state index contributed by atoms with van der Waals surface area (Å²) in [4.78, 5) is 35.7. The van der Waals surface area contributed by atoms with Gasteiger partial charge < -0.3 is 10.6 Å². The van der Waals surface area contributed by atoms with Gasteiger partial charge in [-0.3, -0.25) is 14.4 Å². The Morgan fingerprint density at radius 2 is 1.50 bits per heavy atom. The van der Waals surface area contributed by atoms with Crippen LogP contribution < -0.4 is 10.6 Å². The molecule has 0 aliphatic heterocycles. The predicted octanol–water partition coefficient (Wildman–Crippen LogP) is 3.90. The molecule has 0 bridgehead atoms. The van der Waals surface area contributed by atoms with E-state index in [1.807, 2.05) is 0 Å². The van der Waals surface area contributed by atoms with Gasteiger partial charge in [-0.1, -0.05) is 11.6 Å². The van der Waals surface area contributed by atoms with Crippen LogP contribution in [0.3, 0.4) is 0 Å². The Bertz CT molecular complexity index is 883. The summed E-state index contributed by atoms with van der Waals surface area (Å²) in [5.74, 6) is -2.03. The number of carbonyl (C=O) groups is 3. The normalized spacial score (nSPS) is 18.1. The average Bonchev–Trinajstić information content (AvgIpc) is 3.39. The van der Waals surface area contributed by atoms with Crippen LogP contribution in [-0.4, -0.2) is 17.6 Å². The van der Waals surface area contributed by atoms with Gasteiger partial charge in [-0.15, -0.1) is 0 Å². The van der Waals surface area contributed by atoms with Gasteiger partial charge in [0.1, 0.15) is 5.82 Å². The van der Waals surface area contributed by atoms with Crippen molar-refractivity contribution in [2.45, 2.75) is 13.3 Å².